The molecule has 0 spiro atoms. The molecule has 5 nitrogen and oxygen atoms in total. The van der Waals surface area contributed by atoms with E-state index in [0.717, 1.165) is 14.7 Å². The fourth-order valence-corrected chi connectivity index (χ4v) is 3.56. The molecule has 3 rings (SSSR count). The third-order valence-corrected chi connectivity index (χ3v) is 4.86. The van der Waals surface area contributed by atoms with E-state index >= 15 is 0 Å². The number of amides is 2. The summed E-state index contributed by atoms with van der Waals surface area (Å²) in [5, 5.41) is 6.30. The van der Waals surface area contributed by atoms with Gasteiger partial charge < -0.3 is 5.32 Å². The Hall–Kier alpha value is -1.96. The van der Waals surface area contributed by atoms with Crippen molar-refractivity contribution in [1.82, 2.24) is 4.98 Å². The monoisotopic (exact) mass is 423 g/mol. The van der Waals surface area contributed by atoms with E-state index in [1.807, 2.05) is 6.07 Å². The summed E-state index contributed by atoms with van der Waals surface area (Å²) in [4.78, 5) is 27.9. The molecule has 0 aliphatic rings. The molecule has 0 unspecified atom stereocenters. The molecule has 1 heterocycles. The molecule has 0 fully saturated rings. The molecule has 8 heteroatoms. The van der Waals surface area contributed by atoms with Crippen LogP contribution in [0.1, 0.15) is 17.3 Å². The molecule has 0 aliphatic carbocycles. The summed E-state index contributed by atoms with van der Waals surface area (Å²) in [5.41, 5.74) is 1.79. The quantitative estimate of drug-likeness (QED) is 0.627. The molecule has 0 saturated heterocycles. The van der Waals surface area contributed by atoms with E-state index in [1.165, 1.54) is 18.3 Å². The molecule has 3 aromatic rings. The number of thiazole rings is 1. The van der Waals surface area contributed by atoms with E-state index < -0.39 is 0 Å². The van der Waals surface area contributed by atoms with Crippen molar-refractivity contribution in [3.05, 3.63) is 51.5 Å². The number of benzene rings is 2. The van der Waals surface area contributed by atoms with Gasteiger partial charge in [0, 0.05) is 17.1 Å². The Balaban J connectivity index is 1.86. The van der Waals surface area contributed by atoms with Crippen LogP contribution in [0, 0.1) is 0 Å². The largest absolute Gasteiger partial charge is 0.326 e. The number of fused-ring (bicyclic) bond motifs is 1. The zero-order chi connectivity index (χ0) is 17.3. The van der Waals surface area contributed by atoms with Crippen molar-refractivity contribution in [3.8, 4) is 0 Å². The highest BCUT2D eigenvalue weighted by Gasteiger charge is 2.14. The van der Waals surface area contributed by atoms with E-state index in [2.05, 4.69) is 31.5 Å². The second-order valence-electron chi connectivity index (χ2n) is 4.96. The molecule has 0 atom stereocenters. The minimum Gasteiger partial charge on any atom is -0.326 e. The number of halogens is 2. The lowest BCUT2D eigenvalue weighted by Gasteiger charge is -2.04. The van der Waals surface area contributed by atoms with Crippen molar-refractivity contribution in [2.24, 2.45) is 0 Å². The van der Waals surface area contributed by atoms with Gasteiger partial charge in [-0.25, -0.2) is 4.98 Å². The Morgan fingerprint density at radius 3 is 2.71 bits per heavy atom. The van der Waals surface area contributed by atoms with Gasteiger partial charge in [-0.3, -0.25) is 14.9 Å². The second-order valence-corrected chi connectivity index (χ2v) is 7.31. The van der Waals surface area contributed by atoms with Crippen LogP contribution in [-0.4, -0.2) is 16.8 Å². The molecule has 122 valence electrons. The molecular weight excluding hydrogens is 414 g/mol. The zero-order valence-electron chi connectivity index (χ0n) is 12.4. The van der Waals surface area contributed by atoms with Gasteiger partial charge in [-0.1, -0.05) is 38.9 Å². The van der Waals surface area contributed by atoms with Crippen molar-refractivity contribution >= 4 is 71.7 Å². The number of carbonyl (C=O) groups excluding carboxylic acids is 2. The minimum absolute atomic E-state index is 0.142. The van der Waals surface area contributed by atoms with E-state index in [4.69, 9.17) is 11.6 Å². The Labute approximate surface area is 155 Å². The maximum absolute atomic E-state index is 12.4. The van der Waals surface area contributed by atoms with E-state index in [9.17, 15) is 9.59 Å². The molecule has 1 aromatic heterocycles. The Bertz CT molecular complexity index is 958. The molecular formula is C16H11BrClN3O2S. The van der Waals surface area contributed by atoms with Crippen LogP contribution in [0.15, 0.2) is 40.9 Å². The number of hydrogen-bond acceptors (Lipinski definition) is 4. The highest BCUT2D eigenvalue weighted by Crippen LogP contribution is 2.29. The van der Waals surface area contributed by atoms with E-state index in [1.54, 1.807) is 30.3 Å². The van der Waals surface area contributed by atoms with Gasteiger partial charge in [0.05, 0.1) is 20.8 Å². The fourth-order valence-electron chi connectivity index (χ4n) is 2.10. The first-order chi connectivity index (χ1) is 11.4. The van der Waals surface area contributed by atoms with Crippen LogP contribution >= 0.6 is 38.9 Å². The molecule has 2 N–H and O–H groups in total. The van der Waals surface area contributed by atoms with Gasteiger partial charge in [-0.05, 0) is 36.4 Å². The van der Waals surface area contributed by atoms with E-state index in [0.29, 0.717) is 21.4 Å². The summed E-state index contributed by atoms with van der Waals surface area (Å²) in [5.74, 6) is -0.473. The third kappa shape index (κ3) is 3.75. The molecule has 0 saturated carbocycles. The molecule has 24 heavy (non-hydrogen) atoms. The first-order valence-corrected chi connectivity index (χ1v) is 8.86. The van der Waals surface area contributed by atoms with Crippen molar-refractivity contribution < 1.29 is 9.59 Å². The maximum atomic E-state index is 12.4. The third-order valence-electron chi connectivity index (χ3n) is 3.10. The first kappa shape index (κ1) is 16.9. The normalized spacial score (nSPS) is 10.6. The zero-order valence-corrected chi connectivity index (χ0v) is 15.6. The van der Waals surface area contributed by atoms with Gasteiger partial charge in [0.15, 0.2) is 5.13 Å². The number of carbonyl (C=O) groups is 2. The van der Waals surface area contributed by atoms with Gasteiger partial charge in [0.2, 0.25) is 5.91 Å². The van der Waals surface area contributed by atoms with Crippen LogP contribution in [-0.2, 0) is 4.79 Å². The van der Waals surface area contributed by atoms with E-state index in [-0.39, 0.29) is 11.8 Å². The van der Waals surface area contributed by atoms with Gasteiger partial charge in [0.1, 0.15) is 0 Å². The predicted molar refractivity (Wildman–Crippen MR) is 101 cm³/mol. The van der Waals surface area contributed by atoms with Crippen LogP contribution in [0.2, 0.25) is 5.02 Å². The standard InChI is InChI=1S/C16H11BrClN3O2S/c1-8(22)19-10-3-5-13-14(7-10)24-16(20-13)21-15(23)11-6-9(17)2-4-12(11)18/h2-7H,1H3,(H,19,22)(H,20,21,23). The predicted octanol–water partition coefficient (Wildman–Crippen LogP) is 4.92. The SMILES string of the molecule is CC(=O)Nc1ccc2nc(NC(=O)c3cc(Br)ccc3Cl)sc2c1. The Morgan fingerprint density at radius 2 is 1.96 bits per heavy atom. The van der Waals surface area contributed by atoms with Gasteiger partial charge >= 0.3 is 0 Å². The molecule has 0 radical (unpaired) electrons. The van der Waals surface area contributed by atoms with Crippen molar-refractivity contribution in [2.45, 2.75) is 6.92 Å². The number of rotatable bonds is 3. The van der Waals surface area contributed by atoms with Crippen molar-refractivity contribution in [3.63, 3.8) is 0 Å². The van der Waals surface area contributed by atoms with Gasteiger partial charge in [-0.2, -0.15) is 0 Å². The van der Waals surface area contributed by atoms with Crippen LogP contribution in [0.4, 0.5) is 10.8 Å². The smallest absolute Gasteiger partial charge is 0.258 e. The molecule has 0 aliphatic heterocycles. The van der Waals surface area contributed by atoms with Crippen molar-refractivity contribution in [2.75, 3.05) is 10.6 Å². The number of nitrogens with zero attached hydrogens (tertiary/aromatic N) is 1. The van der Waals surface area contributed by atoms with Crippen LogP contribution in [0.3, 0.4) is 0 Å². The van der Waals surface area contributed by atoms with Crippen LogP contribution < -0.4 is 10.6 Å². The molecule has 2 amide bonds. The lowest BCUT2D eigenvalue weighted by atomic mass is 10.2. The summed E-state index contributed by atoms with van der Waals surface area (Å²) in [6.07, 6.45) is 0. The number of nitrogens with one attached hydrogen (secondary N) is 2. The molecule has 0 bridgehead atoms. The summed E-state index contributed by atoms with van der Waals surface area (Å²) >= 11 is 10.7. The van der Waals surface area contributed by atoms with Crippen LogP contribution in [0.5, 0.6) is 0 Å². The van der Waals surface area contributed by atoms with Gasteiger partial charge in [-0.15, -0.1) is 0 Å². The topological polar surface area (TPSA) is 71.1 Å². The minimum atomic E-state index is -0.331. The lowest BCUT2D eigenvalue weighted by Crippen LogP contribution is -2.12. The van der Waals surface area contributed by atoms with Crippen molar-refractivity contribution in [1.29, 1.82) is 0 Å². The van der Waals surface area contributed by atoms with Gasteiger partial charge in [0.25, 0.3) is 5.91 Å². The first-order valence-electron chi connectivity index (χ1n) is 6.87. The fraction of sp³-hybridized carbons (Fsp3) is 0.0625. The summed E-state index contributed by atoms with van der Waals surface area (Å²) < 4.78 is 1.62. The summed E-state index contributed by atoms with van der Waals surface area (Å²) in [6, 6.07) is 10.4. The maximum Gasteiger partial charge on any atom is 0.258 e. The Morgan fingerprint density at radius 1 is 1.17 bits per heavy atom. The average molecular weight is 425 g/mol. The Kier molecular flexibility index (Phi) is 4.84. The number of anilines is 2. The highest BCUT2D eigenvalue weighted by molar-refractivity contribution is 9.10. The lowest BCUT2D eigenvalue weighted by molar-refractivity contribution is -0.114. The highest BCUT2D eigenvalue weighted by atomic mass is 79.9. The summed E-state index contributed by atoms with van der Waals surface area (Å²) in [7, 11) is 0. The number of hydrogen-bond donors (Lipinski definition) is 2. The van der Waals surface area contributed by atoms with Crippen LogP contribution in [0.25, 0.3) is 10.2 Å². The summed E-state index contributed by atoms with van der Waals surface area (Å²) in [6.45, 7) is 1.45. The molecule has 2 aromatic carbocycles. The number of aromatic nitrogens is 1. The average Bonchev–Trinajstić information content (AvgIpc) is 2.90. The second kappa shape index (κ2) is 6.88.